The van der Waals surface area contributed by atoms with Crippen molar-refractivity contribution in [2.75, 3.05) is 0 Å². The number of carbonyl (C=O) groups excluding carboxylic acids is 1. The number of nitrogens with one attached hydrogen (secondary N) is 3. The van der Waals surface area contributed by atoms with E-state index in [1.807, 2.05) is 10.9 Å². The largest absolute Gasteiger partial charge is 0.348 e. The Morgan fingerprint density at radius 2 is 2.07 bits per heavy atom. The number of benzene rings is 1. The fourth-order valence-corrected chi connectivity index (χ4v) is 4.58. The summed E-state index contributed by atoms with van der Waals surface area (Å²) >= 11 is 0. The first kappa shape index (κ1) is 20.0. The first-order valence-corrected chi connectivity index (χ1v) is 10.5. The number of hydrogen-bond acceptors (Lipinski definition) is 4. The van der Waals surface area contributed by atoms with Gasteiger partial charge in [0.1, 0.15) is 11.9 Å². The van der Waals surface area contributed by atoms with Crippen LogP contribution in [-0.4, -0.2) is 27.8 Å². The Bertz CT molecular complexity index is 876. The molecule has 1 fully saturated rings. The van der Waals surface area contributed by atoms with Crippen molar-refractivity contribution in [2.45, 2.75) is 71.0 Å². The van der Waals surface area contributed by atoms with Crippen molar-refractivity contribution < 1.29 is 9.18 Å². The van der Waals surface area contributed by atoms with Crippen LogP contribution in [0.5, 0.6) is 0 Å². The van der Waals surface area contributed by atoms with E-state index in [0.717, 1.165) is 49.0 Å². The third kappa shape index (κ3) is 4.21. The first-order valence-electron chi connectivity index (χ1n) is 10.5. The van der Waals surface area contributed by atoms with Gasteiger partial charge in [0, 0.05) is 11.6 Å². The van der Waals surface area contributed by atoms with Gasteiger partial charge in [-0.2, -0.15) is 5.10 Å². The lowest BCUT2D eigenvalue weighted by Crippen LogP contribution is -2.46. The van der Waals surface area contributed by atoms with Gasteiger partial charge in [0.25, 0.3) is 0 Å². The van der Waals surface area contributed by atoms with Crippen molar-refractivity contribution in [1.29, 1.82) is 0 Å². The summed E-state index contributed by atoms with van der Waals surface area (Å²) < 4.78 is 15.2. The maximum absolute atomic E-state index is 13.3. The van der Waals surface area contributed by atoms with Crippen molar-refractivity contribution in [3.8, 4) is 5.69 Å². The van der Waals surface area contributed by atoms with E-state index < -0.39 is 0 Å². The van der Waals surface area contributed by atoms with Crippen molar-refractivity contribution in [2.24, 2.45) is 5.41 Å². The van der Waals surface area contributed by atoms with Gasteiger partial charge in [-0.25, -0.2) is 14.5 Å². The number of rotatable bonds is 5. The van der Waals surface area contributed by atoms with E-state index in [-0.39, 0.29) is 29.2 Å². The second kappa shape index (κ2) is 7.88. The van der Waals surface area contributed by atoms with Crippen LogP contribution in [0.15, 0.2) is 30.5 Å². The minimum absolute atomic E-state index is 0.0227. The smallest absolute Gasteiger partial charge is 0.239 e. The average molecular weight is 400 g/mol. The van der Waals surface area contributed by atoms with E-state index in [2.05, 4.69) is 42.0 Å². The fourth-order valence-electron chi connectivity index (χ4n) is 4.58. The summed E-state index contributed by atoms with van der Waals surface area (Å²) in [6.07, 6.45) is 6.52. The number of fused-ring (bicyclic) bond motifs is 1. The molecule has 29 heavy (non-hydrogen) atoms. The predicted octanol–water partition coefficient (Wildman–Crippen LogP) is 3.18. The van der Waals surface area contributed by atoms with Crippen molar-refractivity contribution in [3.05, 3.63) is 47.5 Å². The molecule has 2 aliphatic rings. The number of hydrogen-bond donors (Lipinski definition) is 3. The molecular weight excluding hydrogens is 369 g/mol. The Kier molecular flexibility index (Phi) is 5.44. The maximum Gasteiger partial charge on any atom is 0.239 e. The molecule has 1 aliphatic heterocycles. The van der Waals surface area contributed by atoms with E-state index in [9.17, 15) is 9.18 Å². The Labute approximate surface area is 171 Å². The summed E-state index contributed by atoms with van der Waals surface area (Å²) in [4.78, 5) is 12.9. The SMILES string of the molecule is CCCC1CC(C(=O)NC2CC(C)(C)Cc3c2cnn3-c2ccc(F)cc2)NN1. The van der Waals surface area contributed by atoms with Gasteiger partial charge in [-0.1, -0.05) is 27.2 Å². The zero-order chi connectivity index (χ0) is 20.6. The summed E-state index contributed by atoms with van der Waals surface area (Å²) in [6, 6.07) is 6.41. The molecule has 6 nitrogen and oxygen atoms in total. The molecular formula is C22H30FN5O. The molecule has 0 radical (unpaired) electrons. The second-order valence-electron chi connectivity index (χ2n) is 9.10. The Morgan fingerprint density at radius 3 is 2.79 bits per heavy atom. The average Bonchev–Trinajstić information content (AvgIpc) is 3.29. The molecule has 1 aromatic heterocycles. The monoisotopic (exact) mass is 399 g/mol. The number of amides is 1. The highest BCUT2D eigenvalue weighted by Gasteiger charge is 2.38. The summed E-state index contributed by atoms with van der Waals surface area (Å²) in [5.41, 5.74) is 9.37. The normalized spacial score (nSPS) is 25.6. The molecule has 3 N–H and O–H groups in total. The molecule has 1 saturated heterocycles. The second-order valence-corrected chi connectivity index (χ2v) is 9.10. The lowest BCUT2D eigenvalue weighted by molar-refractivity contribution is -0.123. The molecule has 3 unspecified atom stereocenters. The van der Waals surface area contributed by atoms with Gasteiger partial charge < -0.3 is 5.32 Å². The number of hydrazine groups is 1. The van der Waals surface area contributed by atoms with Crippen molar-refractivity contribution in [3.63, 3.8) is 0 Å². The topological polar surface area (TPSA) is 71.0 Å². The number of halogens is 1. The third-order valence-corrected chi connectivity index (χ3v) is 6.00. The van der Waals surface area contributed by atoms with Gasteiger partial charge in [0.15, 0.2) is 0 Å². The Morgan fingerprint density at radius 1 is 1.31 bits per heavy atom. The zero-order valence-corrected chi connectivity index (χ0v) is 17.3. The zero-order valence-electron chi connectivity index (χ0n) is 17.3. The van der Waals surface area contributed by atoms with Gasteiger partial charge >= 0.3 is 0 Å². The van der Waals surface area contributed by atoms with Crippen LogP contribution in [0.1, 0.15) is 63.8 Å². The molecule has 0 saturated carbocycles. The van der Waals surface area contributed by atoms with Crippen molar-refractivity contribution >= 4 is 5.91 Å². The highest BCUT2D eigenvalue weighted by Crippen LogP contribution is 2.41. The molecule has 7 heteroatoms. The number of carbonyl (C=O) groups is 1. The Balaban J connectivity index is 1.55. The molecule has 1 aromatic carbocycles. The highest BCUT2D eigenvalue weighted by molar-refractivity contribution is 5.82. The van der Waals surface area contributed by atoms with Crippen LogP contribution in [0, 0.1) is 11.2 Å². The highest BCUT2D eigenvalue weighted by atomic mass is 19.1. The van der Waals surface area contributed by atoms with Gasteiger partial charge in [0.05, 0.1) is 23.6 Å². The third-order valence-electron chi connectivity index (χ3n) is 6.00. The van der Waals surface area contributed by atoms with Crippen LogP contribution in [0.4, 0.5) is 4.39 Å². The van der Waals surface area contributed by atoms with Crippen LogP contribution < -0.4 is 16.2 Å². The Hall–Kier alpha value is -2.25. The lowest BCUT2D eigenvalue weighted by atomic mass is 9.74. The molecule has 0 spiro atoms. The van der Waals surface area contributed by atoms with Gasteiger partial charge in [-0.15, -0.1) is 0 Å². The van der Waals surface area contributed by atoms with Gasteiger partial charge in [-0.3, -0.25) is 10.2 Å². The number of nitrogens with zero attached hydrogens (tertiary/aromatic N) is 2. The summed E-state index contributed by atoms with van der Waals surface area (Å²) in [7, 11) is 0. The van der Waals surface area contributed by atoms with E-state index in [0.29, 0.717) is 6.04 Å². The van der Waals surface area contributed by atoms with Crippen molar-refractivity contribution in [1.82, 2.24) is 25.9 Å². The first-order chi connectivity index (χ1) is 13.9. The van der Waals surface area contributed by atoms with Crippen LogP contribution >= 0.6 is 0 Å². The standard InChI is InChI=1S/C22H30FN5O/c1-4-5-15-10-18(27-26-15)21(29)25-19-11-22(2,3)12-20-17(19)13-24-28(20)16-8-6-14(23)7-9-16/h6-9,13,15,18-19,26-27H,4-5,10-12H2,1-3H3,(H,25,29). The molecule has 2 aromatic rings. The summed E-state index contributed by atoms with van der Waals surface area (Å²) in [5, 5.41) is 7.82. The number of aromatic nitrogens is 2. The van der Waals surface area contributed by atoms with E-state index in [1.54, 1.807) is 12.1 Å². The summed E-state index contributed by atoms with van der Waals surface area (Å²) in [5.74, 6) is -0.237. The molecule has 1 aliphatic carbocycles. The fraction of sp³-hybridized carbons (Fsp3) is 0.545. The van der Waals surface area contributed by atoms with Crippen LogP contribution in [-0.2, 0) is 11.2 Å². The van der Waals surface area contributed by atoms with E-state index in [1.165, 1.54) is 12.1 Å². The van der Waals surface area contributed by atoms with E-state index in [4.69, 9.17) is 0 Å². The quantitative estimate of drug-likeness (QED) is 0.722. The lowest BCUT2D eigenvalue weighted by Gasteiger charge is -2.36. The molecule has 2 heterocycles. The molecule has 0 bridgehead atoms. The van der Waals surface area contributed by atoms with E-state index >= 15 is 0 Å². The molecule has 4 rings (SSSR count). The van der Waals surface area contributed by atoms with Gasteiger partial charge in [0.2, 0.25) is 5.91 Å². The van der Waals surface area contributed by atoms with Crippen LogP contribution in [0.3, 0.4) is 0 Å². The maximum atomic E-state index is 13.3. The minimum Gasteiger partial charge on any atom is -0.348 e. The summed E-state index contributed by atoms with van der Waals surface area (Å²) in [6.45, 7) is 6.58. The minimum atomic E-state index is -0.265. The predicted molar refractivity (Wildman–Crippen MR) is 110 cm³/mol. The molecule has 3 atom stereocenters. The van der Waals surface area contributed by atoms with Crippen LogP contribution in [0.25, 0.3) is 5.69 Å². The molecule has 1 amide bonds. The molecule has 156 valence electrons. The van der Waals surface area contributed by atoms with Gasteiger partial charge in [-0.05, 0) is 55.4 Å². The van der Waals surface area contributed by atoms with Crippen LogP contribution in [0.2, 0.25) is 0 Å².